The lowest BCUT2D eigenvalue weighted by Crippen LogP contribution is -2.46. The van der Waals surface area contributed by atoms with Crippen molar-refractivity contribution in [1.29, 1.82) is 0 Å². The summed E-state index contributed by atoms with van der Waals surface area (Å²) in [7, 11) is 2.08. The third-order valence-corrected chi connectivity index (χ3v) is 5.00. The first-order valence-electron chi connectivity index (χ1n) is 8.76. The molecule has 0 saturated carbocycles. The van der Waals surface area contributed by atoms with Crippen LogP contribution in [0.4, 0.5) is 10.5 Å². The van der Waals surface area contributed by atoms with Crippen molar-refractivity contribution in [3.05, 3.63) is 30.3 Å². The second-order valence-electron chi connectivity index (χ2n) is 6.71. The number of likely N-dealkylation sites (tertiary alicyclic amines) is 1. The minimum Gasteiger partial charge on any atom is -0.407 e. The molecule has 0 aromatic heterocycles. The van der Waals surface area contributed by atoms with E-state index in [1.165, 1.54) is 11.3 Å². The van der Waals surface area contributed by atoms with E-state index in [2.05, 4.69) is 17.3 Å². The van der Waals surface area contributed by atoms with Gasteiger partial charge in [0.2, 0.25) is 0 Å². The molecule has 0 spiro atoms. The van der Waals surface area contributed by atoms with Crippen LogP contribution in [0.5, 0.6) is 0 Å². The molecule has 2 N–H and O–H groups in total. The Morgan fingerprint density at radius 1 is 1.36 bits per heavy atom. The summed E-state index contributed by atoms with van der Waals surface area (Å²) in [5.74, 6) is -2.70. The van der Waals surface area contributed by atoms with E-state index >= 15 is 0 Å². The first-order chi connectivity index (χ1) is 12.0. The van der Waals surface area contributed by atoms with E-state index in [9.17, 15) is 14.7 Å². The Morgan fingerprint density at radius 3 is 2.80 bits per heavy atom. The predicted molar refractivity (Wildman–Crippen MR) is 93.1 cm³/mol. The molecule has 2 atom stereocenters. The SMILES string of the molecule is CN1CCCC1CCNC(=O)O[C@@]1(O)CCN(c2ccccc2)C1=O. The number of alkyl carbamates (subject to hydrolysis) is 1. The molecule has 7 heteroatoms. The van der Waals surface area contributed by atoms with Crippen LogP contribution in [0, 0.1) is 0 Å². The molecule has 2 amide bonds. The van der Waals surface area contributed by atoms with Crippen molar-refractivity contribution in [2.45, 2.75) is 37.5 Å². The van der Waals surface area contributed by atoms with Gasteiger partial charge in [-0.25, -0.2) is 4.79 Å². The van der Waals surface area contributed by atoms with Crippen molar-refractivity contribution >= 4 is 17.7 Å². The normalized spacial score (nSPS) is 26.9. The van der Waals surface area contributed by atoms with E-state index in [-0.39, 0.29) is 6.42 Å². The molecule has 0 radical (unpaired) electrons. The maximum atomic E-state index is 12.5. The van der Waals surface area contributed by atoms with Crippen LogP contribution in [0.2, 0.25) is 0 Å². The maximum Gasteiger partial charge on any atom is 0.410 e. The summed E-state index contributed by atoms with van der Waals surface area (Å²) in [6, 6.07) is 9.50. The summed E-state index contributed by atoms with van der Waals surface area (Å²) in [6.45, 7) is 1.85. The number of nitrogens with one attached hydrogen (secondary N) is 1. The zero-order valence-electron chi connectivity index (χ0n) is 14.5. The van der Waals surface area contributed by atoms with Crippen LogP contribution in [0.3, 0.4) is 0 Å². The molecule has 2 aliphatic heterocycles. The number of carbonyl (C=O) groups excluding carboxylic acids is 2. The minimum atomic E-state index is -2.09. The lowest BCUT2D eigenvalue weighted by atomic mass is 10.1. The maximum absolute atomic E-state index is 12.5. The van der Waals surface area contributed by atoms with E-state index in [0.717, 1.165) is 19.4 Å². The van der Waals surface area contributed by atoms with Crippen LogP contribution in [0.1, 0.15) is 25.7 Å². The van der Waals surface area contributed by atoms with Crippen molar-refractivity contribution in [2.75, 3.05) is 31.6 Å². The molecule has 0 aliphatic carbocycles. The summed E-state index contributed by atoms with van der Waals surface area (Å²) < 4.78 is 5.06. The highest BCUT2D eigenvalue weighted by Crippen LogP contribution is 2.29. The molecule has 1 unspecified atom stereocenters. The third kappa shape index (κ3) is 3.93. The molecule has 0 bridgehead atoms. The van der Waals surface area contributed by atoms with Crippen LogP contribution in [0.15, 0.2) is 30.3 Å². The Balaban J connectivity index is 1.50. The molecular weight excluding hydrogens is 322 g/mol. The largest absolute Gasteiger partial charge is 0.410 e. The topological polar surface area (TPSA) is 82.1 Å². The zero-order valence-corrected chi connectivity index (χ0v) is 14.5. The highest BCUT2D eigenvalue weighted by Gasteiger charge is 2.49. The number of carbonyl (C=O) groups is 2. The predicted octanol–water partition coefficient (Wildman–Crippen LogP) is 1.32. The number of benzene rings is 1. The molecule has 2 heterocycles. The van der Waals surface area contributed by atoms with Crippen LogP contribution in [-0.4, -0.2) is 60.5 Å². The molecule has 3 rings (SSSR count). The summed E-state index contributed by atoms with van der Waals surface area (Å²) >= 11 is 0. The van der Waals surface area contributed by atoms with Crippen LogP contribution in [-0.2, 0) is 9.53 Å². The number of nitrogens with zero attached hydrogens (tertiary/aromatic N) is 2. The Morgan fingerprint density at radius 2 is 2.12 bits per heavy atom. The average molecular weight is 347 g/mol. The Hall–Kier alpha value is -2.12. The van der Waals surface area contributed by atoms with Crippen LogP contribution >= 0.6 is 0 Å². The van der Waals surface area contributed by atoms with E-state index in [1.807, 2.05) is 18.2 Å². The van der Waals surface area contributed by atoms with Crippen molar-refractivity contribution in [1.82, 2.24) is 10.2 Å². The lowest BCUT2D eigenvalue weighted by Gasteiger charge is -2.23. The smallest absolute Gasteiger partial charge is 0.407 e. The molecule has 2 aliphatic rings. The van der Waals surface area contributed by atoms with Crippen molar-refractivity contribution < 1.29 is 19.4 Å². The van der Waals surface area contributed by atoms with Gasteiger partial charge in [-0.05, 0) is 45.0 Å². The van der Waals surface area contributed by atoms with Gasteiger partial charge in [-0.1, -0.05) is 18.2 Å². The number of hydrogen-bond donors (Lipinski definition) is 2. The van der Waals surface area contributed by atoms with E-state index < -0.39 is 17.8 Å². The van der Waals surface area contributed by atoms with E-state index in [1.54, 1.807) is 12.1 Å². The lowest BCUT2D eigenvalue weighted by molar-refractivity contribution is -0.175. The van der Waals surface area contributed by atoms with E-state index in [4.69, 9.17) is 4.74 Å². The van der Waals surface area contributed by atoms with Crippen molar-refractivity contribution in [3.63, 3.8) is 0 Å². The molecule has 1 aromatic rings. The highest BCUT2D eigenvalue weighted by molar-refractivity contribution is 6.01. The van der Waals surface area contributed by atoms with Gasteiger partial charge in [-0.3, -0.25) is 4.79 Å². The highest BCUT2D eigenvalue weighted by atomic mass is 16.7. The van der Waals surface area contributed by atoms with Gasteiger partial charge in [0, 0.05) is 31.2 Å². The summed E-state index contributed by atoms with van der Waals surface area (Å²) in [5.41, 5.74) is 0.678. The van der Waals surface area contributed by atoms with E-state index in [0.29, 0.717) is 24.8 Å². The quantitative estimate of drug-likeness (QED) is 0.785. The number of aliphatic hydroxyl groups is 1. The van der Waals surface area contributed by atoms with Crippen molar-refractivity contribution in [3.8, 4) is 0 Å². The van der Waals surface area contributed by atoms with Crippen LogP contribution < -0.4 is 10.2 Å². The summed E-state index contributed by atoms with van der Waals surface area (Å²) in [6.07, 6.45) is 2.43. The fourth-order valence-corrected chi connectivity index (χ4v) is 3.51. The molecule has 7 nitrogen and oxygen atoms in total. The standard InChI is InChI=1S/C18H25N3O4/c1-20-12-5-8-14(20)9-11-19-17(23)25-18(24)10-13-21(16(18)22)15-6-3-2-4-7-15/h2-4,6-7,14,24H,5,8-13H2,1H3,(H,19,23)/t14?,18-/m0/s1. The monoisotopic (exact) mass is 347 g/mol. The first-order valence-corrected chi connectivity index (χ1v) is 8.76. The van der Waals surface area contributed by atoms with Gasteiger partial charge in [0.25, 0.3) is 11.7 Å². The number of hydrogen-bond acceptors (Lipinski definition) is 5. The van der Waals surface area contributed by atoms with Gasteiger partial charge in [0.15, 0.2) is 0 Å². The van der Waals surface area contributed by atoms with Gasteiger partial charge in [-0.15, -0.1) is 0 Å². The second kappa shape index (κ2) is 7.41. The molecule has 2 fully saturated rings. The Bertz CT molecular complexity index is 624. The Labute approximate surface area is 147 Å². The van der Waals surface area contributed by atoms with Gasteiger partial charge < -0.3 is 25.0 Å². The summed E-state index contributed by atoms with van der Waals surface area (Å²) in [4.78, 5) is 28.1. The molecule has 1 aromatic carbocycles. The van der Waals surface area contributed by atoms with Gasteiger partial charge >= 0.3 is 6.09 Å². The zero-order chi connectivity index (χ0) is 17.9. The Kier molecular flexibility index (Phi) is 5.24. The number of para-hydroxylation sites is 1. The first kappa shape index (κ1) is 17.7. The summed E-state index contributed by atoms with van der Waals surface area (Å²) in [5, 5.41) is 13.1. The number of anilines is 1. The number of rotatable bonds is 5. The van der Waals surface area contributed by atoms with Crippen molar-refractivity contribution in [2.24, 2.45) is 0 Å². The number of amides is 2. The fraction of sp³-hybridized carbons (Fsp3) is 0.556. The van der Waals surface area contributed by atoms with Gasteiger partial charge in [0.1, 0.15) is 0 Å². The average Bonchev–Trinajstić information content (AvgIpc) is 3.13. The molecule has 136 valence electrons. The van der Waals surface area contributed by atoms with Crippen LogP contribution in [0.25, 0.3) is 0 Å². The molecular formula is C18H25N3O4. The second-order valence-corrected chi connectivity index (χ2v) is 6.71. The number of ether oxygens (including phenoxy) is 1. The molecule has 2 saturated heterocycles. The molecule has 25 heavy (non-hydrogen) atoms. The van der Waals surface area contributed by atoms with Gasteiger partial charge in [0.05, 0.1) is 0 Å². The van der Waals surface area contributed by atoms with Gasteiger partial charge in [-0.2, -0.15) is 0 Å². The minimum absolute atomic E-state index is 0.0551. The fourth-order valence-electron chi connectivity index (χ4n) is 3.51. The third-order valence-electron chi connectivity index (χ3n) is 5.00.